The Morgan fingerprint density at radius 3 is 2.86 bits per heavy atom. The van der Waals surface area contributed by atoms with E-state index in [1.807, 2.05) is 5.38 Å². The number of hydrogen-bond donors (Lipinski definition) is 2. The van der Waals surface area contributed by atoms with E-state index in [0.29, 0.717) is 29.6 Å². The van der Waals surface area contributed by atoms with E-state index in [-0.39, 0.29) is 17.8 Å². The van der Waals surface area contributed by atoms with Crippen molar-refractivity contribution in [2.45, 2.75) is 32.1 Å². The van der Waals surface area contributed by atoms with Gasteiger partial charge in [-0.25, -0.2) is 4.79 Å². The minimum Gasteiger partial charge on any atom is -0.462 e. The van der Waals surface area contributed by atoms with Gasteiger partial charge < -0.3 is 15.4 Å². The molecule has 2 fully saturated rings. The molecule has 1 atom stereocenters. The topological polar surface area (TPSA) is 67.4 Å². The van der Waals surface area contributed by atoms with E-state index in [0.717, 1.165) is 31.4 Å². The first-order valence-electron chi connectivity index (χ1n) is 7.50. The molecule has 0 radical (unpaired) electrons. The van der Waals surface area contributed by atoms with Crippen LogP contribution in [0.25, 0.3) is 0 Å². The van der Waals surface area contributed by atoms with Crippen LogP contribution in [0.1, 0.15) is 48.0 Å². The normalized spacial score (nSPS) is 21.3. The molecule has 2 N–H and O–H groups in total. The van der Waals surface area contributed by atoms with Gasteiger partial charge in [0.25, 0.3) is 0 Å². The minimum absolute atomic E-state index is 0.00487. The van der Waals surface area contributed by atoms with E-state index >= 15 is 0 Å². The van der Waals surface area contributed by atoms with Crippen LogP contribution in [0.2, 0.25) is 0 Å². The molecule has 3 rings (SSSR count). The van der Waals surface area contributed by atoms with Gasteiger partial charge in [0.2, 0.25) is 5.91 Å². The monoisotopic (exact) mass is 308 g/mol. The summed E-state index contributed by atoms with van der Waals surface area (Å²) in [6.07, 6.45) is 3.08. The van der Waals surface area contributed by atoms with Crippen molar-refractivity contribution in [3.63, 3.8) is 0 Å². The molecule has 114 valence electrons. The third-order valence-electron chi connectivity index (χ3n) is 3.98. The first-order valence-corrected chi connectivity index (χ1v) is 8.38. The second kappa shape index (κ2) is 6.15. The molecule has 1 aliphatic heterocycles. The molecule has 1 aromatic rings. The summed E-state index contributed by atoms with van der Waals surface area (Å²) < 4.78 is 5.16. The van der Waals surface area contributed by atoms with Crippen LogP contribution >= 0.6 is 11.3 Å². The van der Waals surface area contributed by atoms with Crippen LogP contribution in [-0.2, 0) is 9.53 Å². The van der Waals surface area contributed by atoms with Gasteiger partial charge in [0, 0.05) is 6.54 Å². The van der Waals surface area contributed by atoms with Crippen molar-refractivity contribution in [2.24, 2.45) is 5.92 Å². The Labute approximate surface area is 128 Å². The van der Waals surface area contributed by atoms with Gasteiger partial charge in [-0.3, -0.25) is 4.79 Å². The minimum atomic E-state index is -0.319. The van der Waals surface area contributed by atoms with Crippen molar-refractivity contribution in [1.82, 2.24) is 5.32 Å². The number of nitrogens with one attached hydrogen (secondary N) is 2. The average Bonchev–Trinajstić information content (AvgIpc) is 3.01. The quantitative estimate of drug-likeness (QED) is 0.819. The van der Waals surface area contributed by atoms with Crippen LogP contribution in [0.3, 0.4) is 0 Å². The number of thiophene rings is 1. The first kappa shape index (κ1) is 14.5. The maximum atomic E-state index is 12.2. The molecular weight excluding hydrogens is 288 g/mol. The number of amides is 1. The Morgan fingerprint density at radius 1 is 1.43 bits per heavy atom. The van der Waals surface area contributed by atoms with Gasteiger partial charge >= 0.3 is 5.97 Å². The van der Waals surface area contributed by atoms with Crippen molar-refractivity contribution in [2.75, 3.05) is 25.0 Å². The molecule has 1 aromatic heterocycles. The van der Waals surface area contributed by atoms with Gasteiger partial charge in [-0.05, 0) is 49.6 Å². The Bertz CT molecular complexity index is 545. The summed E-state index contributed by atoms with van der Waals surface area (Å²) in [7, 11) is 0. The Morgan fingerprint density at radius 2 is 2.24 bits per heavy atom. The molecule has 2 heterocycles. The van der Waals surface area contributed by atoms with Crippen molar-refractivity contribution in [3.05, 3.63) is 16.5 Å². The van der Waals surface area contributed by atoms with Crippen molar-refractivity contribution in [1.29, 1.82) is 0 Å². The zero-order chi connectivity index (χ0) is 14.8. The highest BCUT2D eigenvalue weighted by molar-refractivity contribution is 7.15. The van der Waals surface area contributed by atoms with Crippen molar-refractivity contribution >= 4 is 28.2 Å². The maximum absolute atomic E-state index is 12.2. The van der Waals surface area contributed by atoms with Gasteiger partial charge in [-0.15, -0.1) is 11.3 Å². The highest BCUT2D eigenvalue weighted by Crippen LogP contribution is 2.46. The van der Waals surface area contributed by atoms with Gasteiger partial charge in [-0.1, -0.05) is 0 Å². The maximum Gasteiger partial charge on any atom is 0.341 e. The number of carbonyl (C=O) groups excluding carboxylic acids is 2. The Balaban J connectivity index is 1.80. The number of anilines is 1. The molecule has 1 saturated carbocycles. The lowest BCUT2D eigenvalue weighted by Gasteiger charge is -2.11. The summed E-state index contributed by atoms with van der Waals surface area (Å²) in [5.74, 6) is 0.126. The summed E-state index contributed by atoms with van der Waals surface area (Å²) >= 11 is 1.43. The van der Waals surface area contributed by atoms with Crippen LogP contribution in [0.15, 0.2) is 5.38 Å². The van der Waals surface area contributed by atoms with Crippen LogP contribution in [0.5, 0.6) is 0 Å². The molecule has 1 amide bonds. The number of esters is 1. The fraction of sp³-hybridized carbons (Fsp3) is 0.600. The smallest absolute Gasteiger partial charge is 0.341 e. The van der Waals surface area contributed by atoms with Gasteiger partial charge in [-0.2, -0.15) is 0 Å². The molecule has 21 heavy (non-hydrogen) atoms. The third kappa shape index (κ3) is 3.11. The Kier molecular flexibility index (Phi) is 4.26. The molecule has 6 heteroatoms. The number of carbonyl (C=O) groups is 2. The summed E-state index contributed by atoms with van der Waals surface area (Å²) in [6, 6.07) is 0. The summed E-state index contributed by atoms with van der Waals surface area (Å²) in [4.78, 5) is 24.4. The number of rotatable bonds is 5. The predicted molar refractivity (Wildman–Crippen MR) is 81.9 cm³/mol. The molecule has 0 bridgehead atoms. The number of hydrogen-bond acceptors (Lipinski definition) is 5. The fourth-order valence-electron chi connectivity index (χ4n) is 2.66. The lowest BCUT2D eigenvalue weighted by Crippen LogP contribution is -2.25. The van der Waals surface area contributed by atoms with Crippen molar-refractivity contribution < 1.29 is 14.3 Å². The second-order valence-corrected chi connectivity index (χ2v) is 6.45. The van der Waals surface area contributed by atoms with Crippen LogP contribution in [0.4, 0.5) is 5.00 Å². The SMILES string of the molecule is CCOC(=O)c1c(C2CC2)csc1NC(=O)C1CCNC1. The second-order valence-electron chi connectivity index (χ2n) is 5.57. The first-order chi connectivity index (χ1) is 10.2. The number of ether oxygens (including phenoxy) is 1. The van der Waals surface area contributed by atoms with E-state index in [4.69, 9.17) is 4.74 Å². The van der Waals surface area contributed by atoms with Gasteiger partial charge in [0.1, 0.15) is 5.00 Å². The Hall–Kier alpha value is -1.40. The molecule has 0 spiro atoms. The lowest BCUT2D eigenvalue weighted by molar-refractivity contribution is -0.119. The summed E-state index contributed by atoms with van der Waals surface area (Å²) in [5.41, 5.74) is 1.61. The zero-order valence-electron chi connectivity index (χ0n) is 12.1. The molecule has 1 unspecified atom stereocenters. The molecular formula is C15H20N2O3S. The van der Waals surface area contributed by atoms with E-state index in [9.17, 15) is 9.59 Å². The van der Waals surface area contributed by atoms with E-state index in [2.05, 4.69) is 10.6 Å². The molecule has 1 saturated heterocycles. The zero-order valence-corrected chi connectivity index (χ0v) is 12.9. The van der Waals surface area contributed by atoms with Crippen LogP contribution < -0.4 is 10.6 Å². The summed E-state index contributed by atoms with van der Waals surface area (Å²) in [6.45, 7) is 3.73. The molecule has 0 aromatic carbocycles. The average molecular weight is 308 g/mol. The highest BCUT2D eigenvalue weighted by atomic mass is 32.1. The standard InChI is InChI=1S/C15H20N2O3S/c1-2-20-15(19)12-11(9-3-4-9)8-21-14(12)17-13(18)10-5-6-16-7-10/h8-10,16H,2-7H2,1H3,(H,17,18). The molecule has 2 aliphatic rings. The van der Waals surface area contributed by atoms with Crippen LogP contribution in [-0.4, -0.2) is 31.6 Å². The lowest BCUT2D eigenvalue weighted by atomic mass is 10.1. The van der Waals surface area contributed by atoms with E-state index < -0.39 is 0 Å². The highest BCUT2D eigenvalue weighted by Gasteiger charge is 2.33. The van der Waals surface area contributed by atoms with Crippen molar-refractivity contribution in [3.8, 4) is 0 Å². The summed E-state index contributed by atoms with van der Waals surface area (Å²) in [5, 5.41) is 8.75. The fourth-order valence-corrected chi connectivity index (χ4v) is 3.70. The predicted octanol–water partition coefficient (Wildman–Crippen LogP) is 2.35. The van der Waals surface area contributed by atoms with Gasteiger partial charge in [0.15, 0.2) is 0 Å². The molecule has 5 nitrogen and oxygen atoms in total. The van der Waals surface area contributed by atoms with Gasteiger partial charge in [0.05, 0.1) is 18.1 Å². The van der Waals surface area contributed by atoms with E-state index in [1.54, 1.807) is 6.92 Å². The molecule has 1 aliphatic carbocycles. The van der Waals surface area contributed by atoms with Crippen LogP contribution in [0, 0.1) is 5.92 Å². The van der Waals surface area contributed by atoms with E-state index in [1.165, 1.54) is 11.3 Å². The third-order valence-corrected chi connectivity index (χ3v) is 4.90. The largest absolute Gasteiger partial charge is 0.462 e.